The van der Waals surface area contributed by atoms with Crippen molar-refractivity contribution in [3.8, 4) is 0 Å². The highest BCUT2D eigenvalue weighted by molar-refractivity contribution is 5.25. The largest absolute Gasteiger partial charge is 0.418 e. The number of rotatable bonds is 2. The fourth-order valence-corrected chi connectivity index (χ4v) is 1.16. The summed E-state index contributed by atoms with van der Waals surface area (Å²) < 4.78 is 37.4. The molecule has 14 heavy (non-hydrogen) atoms. The fraction of sp³-hybridized carbons (Fsp3) is 0.444. The van der Waals surface area contributed by atoms with E-state index in [1.807, 2.05) is 0 Å². The molecule has 0 radical (unpaired) electrons. The molecule has 1 atom stereocenters. The lowest BCUT2D eigenvalue weighted by atomic mass is 10.0. The second kappa shape index (κ2) is 3.96. The molecule has 0 saturated carbocycles. The van der Waals surface area contributed by atoms with E-state index < -0.39 is 11.7 Å². The lowest BCUT2D eigenvalue weighted by molar-refractivity contribution is -0.138. The summed E-state index contributed by atoms with van der Waals surface area (Å²) in [6.07, 6.45) is -3.01. The van der Waals surface area contributed by atoms with Gasteiger partial charge < -0.3 is 5.73 Å². The van der Waals surface area contributed by atoms with Gasteiger partial charge in [-0.2, -0.15) is 13.2 Å². The summed E-state index contributed by atoms with van der Waals surface area (Å²) in [6.45, 7) is 1.78. The van der Waals surface area contributed by atoms with Crippen molar-refractivity contribution in [2.24, 2.45) is 5.73 Å². The van der Waals surface area contributed by atoms with Crippen molar-refractivity contribution in [2.75, 3.05) is 6.54 Å². The second-order valence-electron chi connectivity index (χ2n) is 3.07. The average Bonchev–Trinajstić information content (AvgIpc) is 2.15. The van der Waals surface area contributed by atoms with Crippen molar-refractivity contribution in [1.82, 2.24) is 4.98 Å². The van der Waals surface area contributed by atoms with Crippen LogP contribution in [0.25, 0.3) is 0 Å². The van der Waals surface area contributed by atoms with E-state index in [0.717, 1.165) is 6.07 Å². The van der Waals surface area contributed by atoms with Gasteiger partial charge in [0.15, 0.2) is 0 Å². The maximum atomic E-state index is 12.5. The third-order valence-electron chi connectivity index (χ3n) is 1.96. The van der Waals surface area contributed by atoms with Crippen LogP contribution in [0.2, 0.25) is 0 Å². The number of nitrogens with two attached hydrogens (primary N) is 1. The highest BCUT2D eigenvalue weighted by Crippen LogP contribution is 2.33. The summed E-state index contributed by atoms with van der Waals surface area (Å²) in [6, 6.07) is 2.30. The van der Waals surface area contributed by atoms with Crippen LogP contribution in [0, 0.1) is 0 Å². The molecular formula is C9H11F3N2. The molecule has 1 unspecified atom stereocenters. The van der Waals surface area contributed by atoms with Gasteiger partial charge in [-0.1, -0.05) is 6.92 Å². The second-order valence-corrected chi connectivity index (χ2v) is 3.07. The summed E-state index contributed by atoms with van der Waals surface area (Å²) in [5.74, 6) is -0.382. The Balaban J connectivity index is 3.16. The molecular weight excluding hydrogens is 193 g/mol. The number of nitrogens with zero attached hydrogens (tertiary/aromatic N) is 1. The van der Waals surface area contributed by atoms with Gasteiger partial charge in [0.05, 0.1) is 11.3 Å². The van der Waals surface area contributed by atoms with Gasteiger partial charge in [0, 0.05) is 18.7 Å². The Morgan fingerprint density at radius 1 is 1.50 bits per heavy atom. The Morgan fingerprint density at radius 3 is 2.64 bits per heavy atom. The molecule has 1 aromatic heterocycles. The fourth-order valence-electron chi connectivity index (χ4n) is 1.16. The predicted molar refractivity (Wildman–Crippen MR) is 46.7 cm³/mol. The van der Waals surface area contributed by atoms with Crippen LogP contribution in [0.1, 0.15) is 24.1 Å². The number of halogens is 3. The quantitative estimate of drug-likeness (QED) is 0.801. The van der Waals surface area contributed by atoms with Gasteiger partial charge in [-0.3, -0.25) is 4.98 Å². The van der Waals surface area contributed by atoms with Crippen molar-refractivity contribution < 1.29 is 13.2 Å². The van der Waals surface area contributed by atoms with Crippen molar-refractivity contribution >= 4 is 0 Å². The van der Waals surface area contributed by atoms with Gasteiger partial charge in [0.2, 0.25) is 0 Å². The van der Waals surface area contributed by atoms with E-state index in [1.165, 1.54) is 12.3 Å². The Labute approximate surface area is 79.9 Å². The Morgan fingerprint density at radius 2 is 2.14 bits per heavy atom. The first kappa shape index (κ1) is 11.0. The zero-order chi connectivity index (χ0) is 10.8. The van der Waals surface area contributed by atoms with Gasteiger partial charge in [-0.15, -0.1) is 0 Å². The van der Waals surface area contributed by atoms with Crippen LogP contribution < -0.4 is 5.73 Å². The Kier molecular flexibility index (Phi) is 3.10. The third kappa shape index (κ3) is 2.23. The molecule has 0 bridgehead atoms. The molecule has 0 saturated heterocycles. The van der Waals surface area contributed by atoms with Crippen molar-refractivity contribution in [3.63, 3.8) is 0 Å². The van der Waals surface area contributed by atoms with Gasteiger partial charge in [0.1, 0.15) is 0 Å². The first-order valence-corrected chi connectivity index (χ1v) is 4.19. The van der Waals surface area contributed by atoms with Crippen LogP contribution in [0.15, 0.2) is 18.3 Å². The first-order chi connectivity index (χ1) is 6.46. The molecule has 2 nitrogen and oxygen atoms in total. The lowest BCUT2D eigenvalue weighted by Crippen LogP contribution is -2.17. The summed E-state index contributed by atoms with van der Waals surface area (Å²) in [5.41, 5.74) is 4.63. The summed E-state index contributed by atoms with van der Waals surface area (Å²) >= 11 is 0. The molecule has 1 rings (SSSR count). The maximum absolute atomic E-state index is 12.5. The molecule has 78 valence electrons. The van der Waals surface area contributed by atoms with E-state index in [1.54, 1.807) is 6.92 Å². The molecule has 0 aliphatic rings. The van der Waals surface area contributed by atoms with Gasteiger partial charge in [-0.25, -0.2) is 0 Å². The van der Waals surface area contributed by atoms with Crippen molar-refractivity contribution in [3.05, 3.63) is 29.6 Å². The van der Waals surface area contributed by atoms with E-state index in [4.69, 9.17) is 5.73 Å². The van der Waals surface area contributed by atoms with Crippen molar-refractivity contribution in [1.29, 1.82) is 0 Å². The van der Waals surface area contributed by atoms with Crippen LogP contribution in [0.4, 0.5) is 13.2 Å². The third-order valence-corrected chi connectivity index (χ3v) is 1.96. The lowest BCUT2D eigenvalue weighted by Gasteiger charge is -2.15. The molecule has 5 heteroatoms. The van der Waals surface area contributed by atoms with E-state index in [2.05, 4.69) is 4.98 Å². The molecule has 2 N–H and O–H groups in total. The molecule has 0 amide bonds. The Hall–Kier alpha value is -1.10. The molecule has 1 heterocycles. The minimum absolute atomic E-state index is 0.0162. The SMILES string of the molecule is CC(CN)c1ncccc1C(F)(F)F. The van der Waals surface area contributed by atoms with E-state index in [0.29, 0.717) is 0 Å². The molecule has 1 aromatic rings. The monoisotopic (exact) mass is 204 g/mol. The maximum Gasteiger partial charge on any atom is 0.418 e. The predicted octanol–water partition coefficient (Wildman–Crippen LogP) is 2.16. The minimum Gasteiger partial charge on any atom is -0.330 e. The van der Waals surface area contributed by atoms with E-state index in [9.17, 15) is 13.2 Å². The summed E-state index contributed by atoms with van der Waals surface area (Å²) in [7, 11) is 0. The van der Waals surface area contributed by atoms with E-state index in [-0.39, 0.29) is 18.2 Å². The number of alkyl halides is 3. The smallest absolute Gasteiger partial charge is 0.330 e. The van der Waals surface area contributed by atoms with Crippen LogP contribution in [0.5, 0.6) is 0 Å². The molecule has 0 spiro atoms. The molecule has 0 aliphatic heterocycles. The van der Waals surface area contributed by atoms with Crippen LogP contribution in [-0.2, 0) is 6.18 Å². The average molecular weight is 204 g/mol. The van der Waals surface area contributed by atoms with Gasteiger partial charge in [-0.05, 0) is 12.1 Å². The minimum atomic E-state index is -4.35. The van der Waals surface area contributed by atoms with Gasteiger partial charge >= 0.3 is 6.18 Å². The van der Waals surface area contributed by atoms with Crippen molar-refractivity contribution in [2.45, 2.75) is 19.0 Å². The molecule has 0 fully saturated rings. The van der Waals surface area contributed by atoms with E-state index >= 15 is 0 Å². The normalized spacial score (nSPS) is 14.1. The summed E-state index contributed by atoms with van der Waals surface area (Å²) in [4.78, 5) is 3.72. The van der Waals surface area contributed by atoms with Crippen LogP contribution in [-0.4, -0.2) is 11.5 Å². The number of hydrogen-bond acceptors (Lipinski definition) is 2. The zero-order valence-electron chi connectivity index (χ0n) is 7.67. The standard InChI is InChI=1S/C9H11F3N2/c1-6(5-13)8-7(9(10,11)12)3-2-4-14-8/h2-4,6H,5,13H2,1H3. The topological polar surface area (TPSA) is 38.9 Å². The highest BCUT2D eigenvalue weighted by Gasteiger charge is 2.34. The molecule has 0 aliphatic carbocycles. The molecule has 0 aromatic carbocycles. The first-order valence-electron chi connectivity index (χ1n) is 4.19. The highest BCUT2D eigenvalue weighted by atomic mass is 19.4. The van der Waals surface area contributed by atoms with Crippen LogP contribution in [0.3, 0.4) is 0 Å². The van der Waals surface area contributed by atoms with Gasteiger partial charge in [0.25, 0.3) is 0 Å². The zero-order valence-corrected chi connectivity index (χ0v) is 7.67. The Bertz CT molecular complexity index is 309. The number of hydrogen-bond donors (Lipinski definition) is 1. The van der Waals surface area contributed by atoms with Crippen LogP contribution >= 0.6 is 0 Å². The number of aromatic nitrogens is 1. The summed E-state index contributed by atoms with van der Waals surface area (Å²) in [5, 5.41) is 0. The number of pyridine rings is 1.